The molecule has 0 saturated carbocycles. The van der Waals surface area contributed by atoms with E-state index in [0.717, 1.165) is 55.7 Å². The van der Waals surface area contributed by atoms with Gasteiger partial charge in [0.05, 0.1) is 23.3 Å². The fraction of sp³-hybridized carbons (Fsp3) is 0.435. The second-order valence-electron chi connectivity index (χ2n) is 8.45. The van der Waals surface area contributed by atoms with Gasteiger partial charge in [-0.3, -0.25) is 9.78 Å². The van der Waals surface area contributed by atoms with Gasteiger partial charge < -0.3 is 14.9 Å². The number of allylic oxidation sites excluding steroid dienone is 3. The molecule has 4 heterocycles. The molecule has 150 valence electrons. The molecule has 2 aliphatic heterocycles. The summed E-state index contributed by atoms with van der Waals surface area (Å²) in [6.45, 7) is 4.74. The van der Waals surface area contributed by atoms with Crippen LogP contribution in [0.15, 0.2) is 53.4 Å². The average molecular weight is 390 g/mol. The molecule has 3 atom stereocenters. The number of carbonyl (C=O) groups is 1. The summed E-state index contributed by atoms with van der Waals surface area (Å²) in [6.07, 6.45) is 15.1. The summed E-state index contributed by atoms with van der Waals surface area (Å²) >= 11 is 0. The molecule has 1 amide bonds. The number of pyridine rings is 1. The Hall–Kier alpha value is -2.89. The number of nitrogens with one attached hydrogen (secondary N) is 1. The number of fused-ring (bicyclic) bond motifs is 1. The van der Waals surface area contributed by atoms with E-state index in [4.69, 9.17) is 0 Å². The standard InChI is InChI=1S/C23H27N5O/c1-16-9-17(15-28(16)23(29)18-5-3-2-4-6-18)14-27-8-7-19-10-21(24-13-22(19)27)20-11-25-26-12-20/h2-3,5,7-8,10-11,13,16-17,20,26H,4,6,9,12,14-15H2,1H3/t16-,17+,20?/m1/s1. The van der Waals surface area contributed by atoms with Crippen LogP contribution in [0, 0.1) is 5.92 Å². The minimum Gasteiger partial charge on any atom is -0.346 e. The molecule has 1 N–H and O–H groups in total. The van der Waals surface area contributed by atoms with Gasteiger partial charge in [-0.05, 0) is 44.2 Å². The van der Waals surface area contributed by atoms with Crippen molar-refractivity contribution < 1.29 is 4.79 Å². The molecule has 0 bridgehead atoms. The largest absolute Gasteiger partial charge is 0.346 e. The maximum Gasteiger partial charge on any atom is 0.250 e. The van der Waals surface area contributed by atoms with Crippen molar-refractivity contribution in [3.63, 3.8) is 0 Å². The van der Waals surface area contributed by atoms with Crippen LogP contribution in [-0.2, 0) is 11.3 Å². The van der Waals surface area contributed by atoms with Crippen LogP contribution in [-0.4, -0.2) is 45.7 Å². The van der Waals surface area contributed by atoms with Crippen molar-refractivity contribution in [1.29, 1.82) is 0 Å². The van der Waals surface area contributed by atoms with Gasteiger partial charge in [0.1, 0.15) is 0 Å². The highest BCUT2D eigenvalue weighted by atomic mass is 16.2. The molecule has 1 aliphatic carbocycles. The van der Waals surface area contributed by atoms with E-state index in [1.165, 1.54) is 5.39 Å². The molecule has 2 aromatic heterocycles. The SMILES string of the molecule is C[C@@H]1C[C@@H](Cn2ccc3cc(C4C=NNC4)ncc32)CN1C(=O)C1=CC=CCC1. The number of likely N-dealkylation sites (tertiary alicyclic amines) is 1. The maximum absolute atomic E-state index is 12.9. The molecule has 6 heteroatoms. The third-order valence-corrected chi connectivity index (χ3v) is 6.38. The molecule has 0 aromatic carbocycles. The quantitative estimate of drug-likeness (QED) is 0.873. The molecule has 1 fully saturated rings. The van der Waals surface area contributed by atoms with Gasteiger partial charge in [0, 0.05) is 49.0 Å². The van der Waals surface area contributed by atoms with E-state index in [0.29, 0.717) is 12.0 Å². The summed E-state index contributed by atoms with van der Waals surface area (Å²) in [5.41, 5.74) is 6.17. The minimum absolute atomic E-state index is 0.222. The van der Waals surface area contributed by atoms with Crippen molar-refractivity contribution in [1.82, 2.24) is 19.9 Å². The van der Waals surface area contributed by atoms with Gasteiger partial charge >= 0.3 is 0 Å². The molecule has 1 unspecified atom stereocenters. The Balaban J connectivity index is 1.29. The molecule has 0 radical (unpaired) electrons. The minimum atomic E-state index is 0.222. The van der Waals surface area contributed by atoms with E-state index in [1.807, 2.05) is 24.6 Å². The van der Waals surface area contributed by atoms with Gasteiger partial charge in [-0.25, -0.2) is 0 Å². The van der Waals surface area contributed by atoms with Crippen molar-refractivity contribution in [2.75, 3.05) is 13.1 Å². The van der Waals surface area contributed by atoms with Gasteiger partial charge in [0.15, 0.2) is 0 Å². The summed E-state index contributed by atoms with van der Waals surface area (Å²) in [6, 6.07) is 4.63. The van der Waals surface area contributed by atoms with Crippen LogP contribution in [0.3, 0.4) is 0 Å². The Morgan fingerprint density at radius 3 is 3.10 bits per heavy atom. The van der Waals surface area contributed by atoms with Crippen molar-refractivity contribution in [2.24, 2.45) is 11.0 Å². The van der Waals surface area contributed by atoms with Crippen LogP contribution < -0.4 is 5.43 Å². The Labute approximate surface area is 171 Å². The third-order valence-electron chi connectivity index (χ3n) is 6.38. The zero-order chi connectivity index (χ0) is 19.8. The van der Waals surface area contributed by atoms with E-state index < -0.39 is 0 Å². The molecule has 1 saturated heterocycles. The van der Waals surface area contributed by atoms with E-state index in [2.05, 4.69) is 56.3 Å². The zero-order valence-corrected chi connectivity index (χ0v) is 16.8. The number of amides is 1. The van der Waals surface area contributed by atoms with Gasteiger partial charge in [0.2, 0.25) is 5.91 Å². The smallest absolute Gasteiger partial charge is 0.250 e. The monoisotopic (exact) mass is 389 g/mol. The number of aromatic nitrogens is 2. The summed E-state index contributed by atoms with van der Waals surface area (Å²) < 4.78 is 2.29. The third kappa shape index (κ3) is 3.48. The summed E-state index contributed by atoms with van der Waals surface area (Å²) in [5.74, 6) is 0.942. The van der Waals surface area contributed by atoms with Crippen LogP contribution in [0.1, 0.15) is 37.8 Å². The van der Waals surface area contributed by atoms with Crippen LogP contribution in [0.4, 0.5) is 0 Å². The topological polar surface area (TPSA) is 62.5 Å². The molecular weight excluding hydrogens is 362 g/mol. The second-order valence-corrected chi connectivity index (χ2v) is 8.45. The molecule has 2 aromatic rings. The molecule has 0 spiro atoms. The summed E-state index contributed by atoms with van der Waals surface area (Å²) in [5, 5.41) is 5.31. The highest BCUT2D eigenvalue weighted by molar-refractivity contribution is 5.94. The Morgan fingerprint density at radius 2 is 2.31 bits per heavy atom. The first kappa shape index (κ1) is 18.2. The number of carbonyl (C=O) groups excluding carboxylic acids is 1. The average Bonchev–Trinajstić information content (AvgIpc) is 3.49. The Kier molecular flexibility index (Phi) is 4.70. The van der Waals surface area contributed by atoms with Crippen molar-refractivity contribution in [3.8, 4) is 0 Å². The predicted octanol–water partition coefficient (Wildman–Crippen LogP) is 3.22. The number of hydrogen-bond acceptors (Lipinski definition) is 4. The molecule has 5 rings (SSSR count). The van der Waals surface area contributed by atoms with Crippen LogP contribution >= 0.6 is 0 Å². The molecule has 29 heavy (non-hydrogen) atoms. The van der Waals surface area contributed by atoms with Gasteiger partial charge in [-0.1, -0.05) is 18.2 Å². The van der Waals surface area contributed by atoms with Crippen molar-refractivity contribution in [2.45, 2.75) is 44.7 Å². The first-order valence-electron chi connectivity index (χ1n) is 10.6. The zero-order valence-electron chi connectivity index (χ0n) is 16.8. The van der Waals surface area contributed by atoms with Crippen LogP contribution in [0.5, 0.6) is 0 Å². The lowest BCUT2D eigenvalue weighted by atomic mass is 10.0. The highest BCUT2D eigenvalue weighted by Gasteiger charge is 2.33. The molecular formula is C23H27N5O. The van der Waals surface area contributed by atoms with E-state index in [-0.39, 0.29) is 11.8 Å². The van der Waals surface area contributed by atoms with Crippen LogP contribution in [0.25, 0.3) is 10.9 Å². The first-order valence-corrected chi connectivity index (χ1v) is 10.6. The first-order chi connectivity index (χ1) is 14.2. The van der Waals surface area contributed by atoms with Gasteiger partial charge in [-0.2, -0.15) is 5.10 Å². The molecule has 3 aliphatic rings. The number of hydrogen-bond donors (Lipinski definition) is 1. The Bertz CT molecular complexity index is 1020. The Morgan fingerprint density at radius 1 is 1.38 bits per heavy atom. The van der Waals surface area contributed by atoms with E-state index >= 15 is 0 Å². The number of rotatable bonds is 4. The van der Waals surface area contributed by atoms with Gasteiger partial charge in [-0.15, -0.1) is 0 Å². The number of nitrogens with zero attached hydrogens (tertiary/aromatic N) is 4. The van der Waals surface area contributed by atoms with E-state index in [1.54, 1.807) is 0 Å². The fourth-order valence-electron chi connectivity index (χ4n) is 4.80. The predicted molar refractivity (Wildman–Crippen MR) is 115 cm³/mol. The highest BCUT2D eigenvalue weighted by Crippen LogP contribution is 2.29. The van der Waals surface area contributed by atoms with Crippen molar-refractivity contribution >= 4 is 23.0 Å². The lowest BCUT2D eigenvalue weighted by Crippen LogP contribution is -2.35. The van der Waals surface area contributed by atoms with E-state index in [9.17, 15) is 4.79 Å². The normalized spacial score (nSPS) is 26.2. The summed E-state index contributed by atoms with van der Waals surface area (Å²) in [7, 11) is 0. The lowest BCUT2D eigenvalue weighted by Gasteiger charge is -2.23. The summed E-state index contributed by atoms with van der Waals surface area (Å²) in [4.78, 5) is 19.7. The van der Waals surface area contributed by atoms with Crippen molar-refractivity contribution in [3.05, 3.63) is 54.0 Å². The molecule has 6 nitrogen and oxygen atoms in total. The second kappa shape index (κ2) is 7.50. The maximum atomic E-state index is 12.9. The lowest BCUT2D eigenvalue weighted by molar-refractivity contribution is -0.127. The van der Waals surface area contributed by atoms with Crippen LogP contribution in [0.2, 0.25) is 0 Å². The number of hydrazone groups is 1. The van der Waals surface area contributed by atoms with Gasteiger partial charge in [0.25, 0.3) is 0 Å². The fourth-order valence-corrected chi connectivity index (χ4v) is 4.80.